The Bertz CT molecular complexity index is 501. The first-order valence-corrected chi connectivity index (χ1v) is 8.60. The molecule has 0 aliphatic carbocycles. The maximum Gasteiger partial charge on any atom is 0.317 e. The number of likely N-dealkylation sites (tertiary alicyclic amines) is 1. The molecule has 2 atom stereocenters. The molecule has 4 nitrogen and oxygen atoms in total. The number of likely N-dealkylation sites (N-methyl/N-ethyl adjacent to an activating group) is 1. The summed E-state index contributed by atoms with van der Waals surface area (Å²) in [5.74, 6) is -0.240. The number of nitrogens with one attached hydrogen (secondary N) is 1. The van der Waals surface area contributed by atoms with Crippen LogP contribution < -0.4 is 5.32 Å². The molecule has 1 saturated heterocycles. The van der Waals surface area contributed by atoms with Crippen LogP contribution in [0.2, 0.25) is 0 Å². The van der Waals surface area contributed by atoms with Gasteiger partial charge in [0.25, 0.3) is 0 Å². The third-order valence-electron chi connectivity index (χ3n) is 4.75. The van der Waals surface area contributed by atoms with Gasteiger partial charge in [0.15, 0.2) is 0 Å². The van der Waals surface area contributed by atoms with Gasteiger partial charge in [0.1, 0.15) is 5.82 Å². The van der Waals surface area contributed by atoms with E-state index < -0.39 is 0 Å². The SMILES string of the molecule is CCN(CC)C(C)CNC(=O)N1CCCC1c1ccc(F)cc1. The van der Waals surface area contributed by atoms with Gasteiger partial charge in [0.05, 0.1) is 6.04 Å². The number of rotatable bonds is 6. The zero-order chi connectivity index (χ0) is 16.8. The molecule has 0 saturated carbocycles. The average Bonchev–Trinajstić information content (AvgIpc) is 3.04. The summed E-state index contributed by atoms with van der Waals surface area (Å²) < 4.78 is 13.1. The van der Waals surface area contributed by atoms with Crippen molar-refractivity contribution in [2.45, 2.75) is 45.7 Å². The Morgan fingerprint density at radius 1 is 1.35 bits per heavy atom. The Morgan fingerprint density at radius 2 is 2.00 bits per heavy atom. The molecule has 0 bridgehead atoms. The fourth-order valence-electron chi connectivity index (χ4n) is 3.35. The van der Waals surface area contributed by atoms with Crippen LogP contribution in [0.3, 0.4) is 0 Å². The van der Waals surface area contributed by atoms with Gasteiger partial charge in [0.2, 0.25) is 0 Å². The van der Waals surface area contributed by atoms with Crippen LogP contribution in [0.1, 0.15) is 45.2 Å². The van der Waals surface area contributed by atoms with E-state index in [2.05, 4.69) is 31.0 Å². The molecule has 1 aliphatic heterocycles. The van der Waals surface area contributed by atoms with Crippen LogP contribution >= 0.6 is 0 Å². The van der Waals surface area contributed by atoms with E-state index in [9.17, 15) is 9.18 Å². The van der Waals surface area contributed by atoms with Gasteiger partial charge < -0.3 is 10.2 Å². The number of hydrogen-bond acceptors (Lipinski definition) is 2. The smallest absolute Gasteiger partial charge is 0.317 e. The highest BCUT2D eigenvalue weighted by atomic mass is 19.1. The molecule has 2 amide bonds. The highest BCUT2D eigenvalue weighted by molar-refractivity contribution is 5.75. The minimum Gasteiger partial charge on any atom is -0.336 e. The number of halogens is 1. The van der Waals surface area contributed by atoms with Crippen molar-refractivity contribution >= 4 is 6.03 Å². The first-order valence-electron chi connectivity index (χ1n) is 8.60. The van der Waals surface area contributed by atoms with Crippen molar-refractivity contribution in [2.75, 3.05) is 26.2 Å². The van der Waals surface area contributed by atoms with E-state index in [1.54, 1.807) is 12.1 Å². The molecule has 0 spiro atoms. The first kappa shape index (κ1) is 17.7. The van der Waals surface area contributed by atoms with E-state index in [-0.39, 0.29) is 17.9 Å². The molecule has 5 heteroatoms. The molecule has 2 rings (SSSR count). The van der Waals surface area contributed by atoms with Crippen molar-refractivity contribution in [3.8, 4) is 0 Å². The largest absolute Gasteiger partial charge is 0.336 e. The molecule has 23 heavy (non-hydrogen) atoms. The summed E-state index contributed by atoms with van der Waals surface area (Å²) in [7, 11) is 0. The maximum atomic E-state index is 13.1. The summed E-state index contributed by atoms with van der Waals surface area (Å²) in [6, 6.07) is 6.85. The normalized spacial score (nSPS) is 19.2. The van der Waals surface area contributed by atoms with Gasteiger partial charge in [-0.05, 0) is 50.6 Å². The van der Waals surface area contributed by atoms with Crippen molar-refractivity contribution in [1.82, 2.24) is 15.1 Å². The molecule has 1 aromatic carbocycles. The number of amides is 2. The summed E-state index contributed by atoms with van der Waals surface area (Å²) in [6.07, 6.45) is 1.92. The molecular formula is C18H28FN3O. The van der Waals surface area contributed by atoms with Crippen LogP contribution in [0.4, 0.5) is 9.18 Å². The van der Waals surface area contributed by atoms with E-state index in [0.29, 0.717) is 12.6 Å². The topological polar surface area (TPSA) is 35.6 Å². The lowest BCUT2D eigenvalue weighted by Gasteiger charge is -2.29. The lowest BCUT2D eigenvalue weighted by atomic mass is 10.0. The zero-order valence-electron chi connectivity index (χ0n) is 14.4. The zero-order valence-corrected chi connectivity index (χ0v) is 14.4. The van der Waals surface area contributed by atoms with E-state index in [1.165, 1.54) is 12.1 Å². The third-order valence-corrected chi connectivity index (χ3v) is 4.75. The maximum absolute atomic E-state index is 13.1. The number of hydrogen-bond donors (Lipinski definition) is 1. The van der Waals surface area contributed by atoms with Gasteiger partial charge in [-0.2, -0.15) is 0 Å². The molecule has 2 unspecified atom stereocenters. The van der Waals surface area contributed by atoms with Gasteiger partial charge in [-0.25, -0.2) is 9.18 Å². The number of benzene rings is 1. The van der Waals surface area contributed by atoms with E-state index in [4.69, 9.17) is 0 Å². The lowest BCUT2D eigenvalue weighted by Crippen LogP contribution is -2.46. The van der Waals surface area contributed by atoms with Gasteiger partial charge in [-0.3, -0.25) is 4.90 Å². The summed E-state index contributed by atoms with van der Waals surface area (Å²) >= 11 is 0. The Balaban J connectivity index is 1.94. The predicted molar refractivity (Wildman–Crippen MR) is 90.9 cm³/mol. The lowest BCUT2D eigenvalue weighted by molar-refractivity contribution is 0.182. The van der Waals surface area contributed by atoms with E-state index >= 15 is 0 Å². The van der Waals surface area contributed by atoms with Crippen LogP contribution in [0.5, 0.6) is 0 Å². The van der Waals surface area contributed by atoms with Gasteiger partial charge in [-0.15, -0.1) is 0 Å². The second-order valence-electron chi connectivity index (χ2n) is 6.16. The van der Waals surface area contributed by atoms with E-state index in [1.807, 2.05) is 4.90 Å². The molecule has 1 aliphatic rings. The Morgan fingerprint density at radius 3 is 2.61 bits per heavy atom. The predicted octanol–water partition coefficient (Wildman–Crippen LogP) is 3.40. The van der Waals surface area contributed by atoms with Crippen LogP contribution in [0.25, 0.3) is 0 Å². The molecule has 1 aromatic rings. The van der Waals surface area contributed by atoms with Crippen molar-refractivity contribution in [3.05, 3.63) is 35.6 Å². The molecule has 1 fully saturated rings. The van der Waals surface area contributed by atoms with Crippen LogP contribution in [0.15, 0.2) is 24.3 Å². The highest BCUT2D eigenvalue weighted by Crippen LogP contribution is 2.31. The van der Waals surface area contributed by atoms with Gasteiger partial charge in [0, 0.05) is 19.1 Å². The number of nitrogens with zero attached hydrogens (tertiary/aromatic N) is 2. The second-order valence-corrected chi connectivity index (χ2v) is 6.16. The second kappa shape index (κ2) is 8.29. The standard InChI is InChI=1S/C18H28FN3O/c1-4-21(5-2)14(3)13-20-18(23)22-12-6-7-17(22)15-8-10-16(19)11-9-15/h8-11,14,17H,4-7,12-13H2,1-3H3,(H,20,23). The quantitative estimate of drug-likeness (QED) is 0.871. The van der Waals surface area contributed by atoms with Crippen molar-refractivity contribution < 1.29 is 9.18 Å². The molecule has 1 N–H and O–H groups in total. The van der Waals surface area contributed by atoms with Crippen LogP contribution in [-0.4, -0.2) is 48.1 Å². The Labute approximate surface area is 138 Å². The summed E-state index contributed by atoms with van der Waals surface area (Å²) in [6.45, 7) is 9.76. The van der Waals surface area contributed by atoms with Gasteiger partial charge >= 0.3 is 6.03 Å². The number of urea groups is 1. The fraction of sp³-hybridized carbons (Fsp3) is 0.611. The molecular weight excluding hydrogens is 293 g/mol. The van der Waals surface area contributed by atoms with Crippen LogP contribution in [0, 0.1) is 5.82 Å². The molecule has 0 aromatic heterocycles. The van der Waals surface area contributed by atoms with Crippen LogP contribution in [-0.2, 0) is 0 Å². The first-order chi connectivity index (χ1) is 11.1. The minimum atomic E-state index is -0.240. The molecule has 0 radical (unpaired) electrons. The monoisotopic (exact) mass is 321 g/mol. The molecule has 128 valence electrons. The summed E-state index contributed by atoms with van der Waals surface area (Å²) in [4.78, 5) is 16.7. The van der Waals surface area contributed by atoms with Crippen molar-refractivity contribution in [2.24, 2.45) is 0 Å². The minimum absolute atomic E-state index is 0.0177. The summed E-state index contributed by atoms with van der Waals surface area (Å²) in [5, 5.41) is 3.06. The highest BCUT2D eigenvalue weighted by Gasteiger charge is 2.30. The summed E-state index contributed by atoms with van der Waals surface area (Å²) in [5.41, 5.74) is 1.01. The molecule has 1 heterocycles. The number of carbonyl (C=O) groups is 1. The van der Waals surface area contributed by atoms with Crippen molar-refractivity contribution in [3.63, 3.8) is 0 Å². The number of carbonyl (C=O) groups excluding carboxylic acids is 1. The fourth-order valence-corrected chi connectivity index (χ4v) is 3.35. The Hall–Kier alpha value is -1.62. The third kappa shape index (κ3) is 4.44. The van der Waals surface area contributed by atoms with Gasteiger partial charge in [-0.1, -0.05) is 26.0 Å². The Kier molecular flexibility index (Phi) is 6.39. The average molecular weight is 321 g/mol. The van der Waals surface area contributed by atoms with Crippen molar-refractivity contribution in [1.29, 1.82) is 0 Å². The van der Waals surface area contributed by atoms with E-state index in [0.717, 1.165) is 38.0 Å².